The number of rotatable bonds is 3. The van der Waals surface area contributed by atoms with E-state index in [0.29, 0.717) is 11.4 Å². The average molecular weight is 487 g/mol. The van der Waals surface area contributed by atoms with Gasteiger partial charge >= 0.3 is 0 Å². The van der Waals surface area contributed by atoms with E-state index in [1.54, 1.807) is 40.3 Å². The number of hydrogen-bond acceptors (Lipinski definition) is 6. The van der Waals surface area contributed by atoms with Crippen molar-refractivity contribution >= 4 is 42.6 Å². The van der Waals surface area contributed by atoms with E-state index in [0.717, 1.165) is 10.8 Å². The normalized spacial score (nSPS) is 20.8. The van der Waals surface area contributed by atoms with Crippen LogP contribution in [-0.2, 0) is 24.8 Å². The molecule has 1 saturated heterocycles. The van der Waals surface area contributed by atoms with Crippen molar-refractivity contribution in [1.82, 2.24) is 14.1 Å². The molecular weight excluding hydrogens is 464 g/mol. The molecule has 0 aliphatic carbocycles. The van der Waals surface area contributed by atoms with Gasteiger partial charge in [-0.1, -0.05) is 30.3 Å². The monoisotopic (exact) mass is 486 g/mol. The highest BCUT2D eigenvalue weighted by atomic mass is 32.2. The van der Waals surface area contributed by atoms with E-state index in [-0.39, 0.29) is 49.3 Å². The number of sulfonamides is 2. The Kier molecular flexibility index (Phi) is 5.34. The second-order valence-electron chi connectivity index (χ2n) is 8.05. The first kappa shape index (κ1) is 21.8. The lowest BCUT2D eigenvalue weighted by molar-refractivity contribution is -0.128. The Morgan fingerprint density at radius 2 is 1.64 bits per heavy atom. The van der Waals surface area contributed by atoms with Gasteiger partial charge in [-0.3, -0.25) is 4.79 Å². The summed E-state index contributed by atoms with van der Waals surface area (Å²) in [6.45, 7) is 1.18. The Labute approximate surface area is 192 Å². The fourth-order valence-electron chi connectivity index (χ4n) is 4.12. The van der Waals surface area contributed by atoms with Crippen LogP contribution < -0.4 is 0 Å². The molecule has 0 spiro atoms. The van der Waals surface area contributed by atoms with E-state index < -0.39 is 20.0 Å². The molecule has 0 atom stereocenters. The molecule has 0 saturated carbocycles. The highest BCUT2D eigenvalue weighted by Crippen LogP contribution is 2.24. The molecule has 172 valence electrons. The zero-order valence-corrected chi connectivity index (χ0v) is 19.3. The average Bonchev–Trinajstić information content (AvgIpc) is 2.82. The van der Waals surface area contributed by atoms with Gasteiger partial charge in [-0.15, -0.1) is 4.40 Å². The van der Waals surface area contributed by atoms with Gasteiger partial charge in [0.2, 0.25) is 10.0 Å². The smallest absolute Gasteiger partial charge is 0.256 e. The van der Waals surface area contributed by atoms with Crippen LogP contribution in [0.1, 0.15) is 0 Å². The molecule has 11 heteroatoms. The summed E-state index contributed by atoms with van der Waals surface area (Å²) in [5.41, 5.74) is 0.416. The number of amides is 1. The lowest BCUT2D eigenvalue weighted by Gasteiger charge is -2.35. The summed E-state index contributed by atoms with van der Waals surface area (Å²) >= 11 is 0. The summed E-state index contributed by atoms with van der Waals surface area (Å²) in [7, 11) is -7.13. The second-order valence-corrected chi connectivity index (χ2v) is 11.7. The maximum absolute atomic E-state index is 13.2. The first-order valence-electron chi connectivity index (χ1n) is 10.5. The van der Waals surface area contributed by atoms with Crippen LogP contribution in [0, 0.1) is 0 Å². The van der Waals surface area contributed by atoms with Crippen LogP contribution in [0.4, 0.5) is 0 Å². The van der Waals surface area contributed by atoms with Crippen LogP contribution in [0.5, 0.6) is 0 Å². The number of nitrogens with zero attached hydrogens (tertiary/aromatic N) is 4. The molecule has 2 aromatic carbocycles. The zero-order valence-electron chi connectivity index (χ0n) is 17.7. The fraction of sp³-hybridized carbons (Fsp3) is 0.273. The summed E-state index contributed by atoms with van der Waals surface area (Å²) in [4.78, 5) is 16.5. The van der Waals surface area contributed by atoms with Crippen molar-refractivity contribution < 1.29 is 21.6 Å². The van der Waals surface area contributed by atoms with Crippen molar-refractivity contribution in [2.75, 3.05) is 38.5 Å². The summed E-state index contributed by atoms with van der Waals surface area (Å²) in [6.07, 6.45) is 4.68. The molecule has 1 fully saturated rings. The molecule has 2 aromatic rings. The van der Waals surface area contributed by atoms with Gasteiger partial charge in [0, 0.05) is 38.9 Å². The van der Waals surface area contributed by atoms with E-state index in [1.165, 1.54) is 10.4 Å². The van der Waals surface area contributed by atoms with Crippen LogP contribution in [0.3, 0.4) is 0 Å². The maximum Gasteiger partial charge on any atom is 0.256 e. The molecule has 9 nitrogen and oxygen atoms in total. The van der Waals surface area contributed by atoms with Crippen LogP contribution >= 0.6 is 0 Å². The van der Waals surface area contributed by atoms with E-state index >= 15 is 0 Å². The minimum Gasteiger partial charge on any atom is -0.336 e. The number of fused-ring (bicyclic) bond motifs is 2. The van der Waals surface area contributed by atoms with Crippen LogP contribution in [-0.4, -0.2) is 81.2 Å². The van der Waals surface area contributed by atoms with Gasteiger partial charge in [0.25, 0.3) is 15.9 Å². The molecule has 0 aromatic heterocycles. The van der Waals surface area contributed by atoms with Gasteiger partial charge in [-0.25, -0.2) is 16.8 Å². The lowest BCUT2D eigenvalue weighted by atomic mass is 10.1. The predicted molar refractivity (Wildman–Crippen MR) is 124 cm³/mol. The lowest BCUT2D eigenvalue weighted by Crippen LogP contribution is -2.51. The van der Waals surface area contributed by atoms with Gasteiger partial charge in [0.1, 0.15) is 5.84 Å². The highest BCUT2D eigenvalue weighted by molar-refractivity contribution is 7.90. The number of amidine groups is 1. The molecule has 3 aliphatic heterocycles. The maximum atomic E-state index is 13.2. The van der Waals surface area contributed by atoms with Crippen molar-refractivity contribution in [1.29, 1.82) is 0 Å². The molecule has 0 unspecified atom stereocenters. The fourth-order valence-corrected chi connectivity index (χ4v) is 6.55. The molecule has 3 heterocycles. The van der Waals surface area contributed by atoms with Crippen LogP contribution in [0.2, 0.25) is 0 Å². The molecule has 0 bridgehead atoms. The molecule has 3 aliphatic rings. The van der Waals surface area contributed by atoms with Crippen LogP contribution in [0.25, 0.3) is 10.8 Å². The van der Waals surface area contributed by atoms with E-state index in [4.69, 9.17) is 0 Å². The minimum absolute atomic E-state index is 0.104. The van der Waals surface area contributed by atoms with E-state index in [9.17, 15) is 21.6 Å². The van der Waals surface area contributed by atoms with E-state index in [1.807, 2.05) is 24.3 Å². The zero-order chi connectivity index (χ0) is 23.2. The summed E-state index contributed by atoms with van der Waals surface area (Å²) in [5.74, 6) is -0.0289. The van der Waals surface area contributed by atoms with Crippen molar-refractivity contribution in [2.45, 2.75) is 4.90 Å². The Morgan fingerprint density at radius 1 is 0.909 bits per heavy atom. The van der Waals surface area contributed by atoms with Gasteiger partial charge in [-0.05, 0) is 35.1 Å². The van der Waals surface area contributed by atoms with Crippen molar-refractivity contribution in [2.24, 2.45) is 4.40 Å². The van der Waals surface area contributed by atoms with E-state index in [2.05, 4.69) is 4.40 Å². The number of benzene rings is 2. The Bertz CT molecular complexity index is 1440. The molecular formula is C22H22N4O5S2. The number of carbonyl (C=O) groups excluding carboxylic acids is 1. The Hall–Kier alpha value is -3.02. The van der Waals surface area contributed by atoms with Gasteiger partial charge < -0.3 is 9.80 Å². The third-order valence-electron chi connectivity index (χ3n) is 5.96. The van der Waals surface area contributed by atoms with Gasteiger partial charge in [-0.2, -0.15) is 4.31 Å². The first-order valence-corrected chi connectivity index (χ1v) is 13.6. The molecule has 0 radical (unpaired) electrons. The first-order chi connectivity index (χ1) is 15.7. The summed E-state index contributed by atoms with van der Waals surface area (Å²) in [6, 6.07) is 12.7. The minimum atomic E-state index is -3.67. The number of hydrogen-bond donors (Lipinski definition) is 0. The second kappa shape index (κ2) is 8.08. The SMILES string of the molecule is O=C(C1=CN2CCS(=O)(=O)N=C2C=C1)N1CCN(S(=O)(=O)c2ccc3ccccc3c2)CC1. The Morgan fingerprint density at radius 3 is 2.39 bits per heavy atom. The quantitative estimate of drug-likeness (QED) is 0.645. The van der Waals surface area contributed by atoms with Gasteiger partial charge in [0.15, 0.2) is 0 Å². The van der Waals surface area contributed by atoms with Crippen molar-refractivity contribution in [3.63, 3.8) is 0 Å². The van der Waals surface area contributed by atoms with Crippen LogP contribution in [0.15, 0.2) is 75.7 Å². The van der Waals surface area contributed by atoms with Crippen molar-refractivity contribution in [3.8, 4) is 0 Å². The largest absolute Gasteiger partial charge is 0.336 e. The highest BCUT2D eigenvalue weighted by Gasteiger charge is 2.32. The number of carbonyl (C=O) groups is 1. The molecule has 33 heavy (non-hydrogen) atoms. The summed E-state index contributed by atoms with van der Waals surface area (Å²) < 4.78 is 54.7. The third-order valence-corrected chi connectivity index (χ3v) is 9.01. The molecule has 1 amide bonds. The molecule has 0 N–H and O–H groups in total. The predicted octanol–water partition coefficient (Wildman–Crippen LogP) is 1.17. The van der Waals surface area contributed by atoms with Crippen molar-refractivity contribution in [3.05, 3.63) is 66.4 Å². The third kappa shape index (κ3) is 4.19. The standard InChI is InChI=1S/C22H22N4O5S2/c27-22(19-6-8-21-23-32(28,29)14-13-25(21)16-19)24-9-11-26(12-10-24)33(30,31)20-7-5-17-3-1-2-4-18(17)15-20/h1-8,15-16H,9-14H2. The Balaban J connectivity index is 1.27. The molecule has 5 rings (SSSR count). The summed E-state index contributed by atoms with van der Waals surface area (Å²) in [5, 5.41) is 1.83. The van der Waals surface area contributed by atoms with Gasteiger partial charge in [0.05, 0.1) is 16.2 Å². The topological polar surface area (TPSA) is 107 Å². The number of piperazine rings is 1.